The number of aliphatic hydroxyl groups is 1. The van der Waals surface area contributed by atoms with Crippen LogP contribution < -0.4 is 0 Å². The predicted octanol–water partition coefficient (Wildman–Crippen LogP) is 2.25. The first kappa shape index (κ1) is 13.8. The molecule has 19 heavy (non-hydrogen) atoms. The largest absolute Gasteiger partial charge is 0.393 e. The van der Waals surface area contributed by atoms with E-state index in [0.717, 1.165) is 12.0 Å². The third-order valence-electron chi connectivity index (χ3n) is 3.58. The Bertz CT molecular complexity index is 442. The van der Waals surface area contributed by atoms with Crippen LogP contribution in [-0.4, -0.2) is 35.1 Å². The first-order chi connectivity index (χ1) is 9.19. The van der Waals surface area contributed by atoms with Crippen LogP contribution in [0.3, 0.4) is 0 Å². The van der Waals surface area contributed by atoms with Gasteiger partial charge in [-0.15, -0.1) is 0 Å². The van der Waals surface area contributed by atoms with Crippen molar-refractivity contribution >= 4 is 12.0 Å². The maximum absolute atomic E-state index is 12.0. The summed E-state index contributed by atoms with van der Waals surface area (Å²) in [7, 11) is 0. The third-order valence-corrected chi connectivity index (χ3v) is 3.58. The molecule has 0 spiro atoms. The van der Waals surface area contributed by atoms with Crippen LogP contribution in [0.5, 0.6) is 0 Å². The van der Waals surface area contributed by atoms with Gasteiger partial charge in [0.1, 0.15) is 0 Å². The molecule has 0 aromatic heterocycles. The number of aliphatic hydroxyl groups excluding tert-OH is 1. The normalized spacial score (nSPS) is 17.1. The number of hydrogen-bond acceptors (Lipinski definition) is 2. The lowest BCUT2D eigenvalue weighted by molar-refractivity contribution is -0.127. The van der Waals surface area contributed by atoms with Crippen LogP contribution in [0.2, 0.25) is 0 Å². The molecule has 3 nitrogen and oxygen atoms in total. The molecule has 1 saturated heterocycles. The van der Waals surface area contributed by atoms with E-state index in [0.29, 0.717) is 25.9 Å². The lowest BCUT2D eigenvalue weighted by Crippen LogP contribution is -2.39. The van der Waals surface area contributed by atoms with E-state index in [1.165, 1.54) is 5.56 Å². The minimum absolute atomic E-state index is 0.0338. The summed E-state index contributed by atoms with van der Waals surface area (Å²) in [5.41, 5.74) is 2.34. The van der Waals surface area contributed by atoms with Gasteiger partial charge < -0.3 is 10.0 Å². The Kier molecular flexibility index (Phi) is 4.74. The molecule has 0 unspecified atom stereocenters. The molecule has 1 heterocycles. The van der Waals surface area contributed by atoms with Crippen molar-refractivity contribution in [3.05, 3.63) is 41.5 Å². The lowest BCUT2D eigenvalue weighted by atomic mass is 10.1. The van der Waals surface area contributed by atoms with Crippen molar-refractivity contribution in [1.29, 1.82) is 0 Å². The molecule has 0 radical (unpaired) electrons. The summed E-state index contributed by atoms with van der Waals surface area (Å²) in [6.07, 6.45) is 5.63. The van der Waals surface area contributed by atoms with Crippen molar-refractivity contribution < 1.29 is 9.90 Å². The fourth-order valence-corrected chi connectivity index (χ4v) is 2.22. The van der Waals surface area contributed by atoms with E-state index in [1.54, 1.807) is 11.0 Å². The molecule has 1 aliphatic rings. The number of likely N-dealkylation sites (tertiary alicyclic amines) is 1. The summed E-state index contributed by atoms with van der Waals surface area (Å²) in [6, 6.07) is 8.23. The van der Waals surface area contributed by atoms with E-state index in [2.05, 4.69) is 19.1 Å². The Morgan fingerprint density at radius 1 is 1.32 bits per heavy atom. The summed E-state index contributed by atoms with van der Waals surface area (Å²) in [5.74, 6) is 0.0338. The van der Waals surface area contributed by atoms with Crippen LogP contribution in [0.1, 0.15) is 30.9 Å². The Morgan fingerprint density at radius 2 is 1.95 bits per heavy atom. The van der Waals surface area contributed by atoms with Gasteiger partial charge in [-0.05, 0) is 36.5 Å². The van der Waals surface area contributed by atoms with Crippen molar-refractivity contribution in [3.8, 4) is 0 Å². The molecule has 1 fully saturated rings. The fraction of sp³-hybridized carbons (Fsp3) is 0.438. The maximum Gasteiger partial charge on any atom is 0.246 e. The van der Waals surface area contributed by atoms with Crippen LogP contribution in [0.4, 0.5) is 0 Å². The third kappa shape index (κ3) is 3.93. The summed E-state index contributed by atoms with van der Waals surface area (Å²) in [5, 5.41) is 9.41. The Labute approximate surface area is 114 Å². The molecule has 0 saturated carbocycles. The smallest absolute Gasteiger partial charge is 0.246 e. The standard InChI is InChI=1S/C16H21NO2/c1-2-13-3-5-14(6-4-13)7-8-16(19)17-11-9-15(18)10-12-17/h3-8,15,18H,2,9-12H2,1H3/b8-7+. The molecule has 1 aromatic rings. The van der Waals surface area contributed by atoms with Crippen LogP contribution >= 0.6 is 0 Å². The van der Waals surface area contributed by atoms with Gasteiger partial charge in [0.05, 0.1) is 6.10 Å². The van der Waals surface area contributed by atoms with Crippen LogP contribution in [0, 0.1) is 0 Å². The molecule has 0 bridgehead atoms. The maximum atomic E-state index is 12.0. The number of piperidine rings is 1. The Hall–Kier alpha value is -1.61. The Balaban J connectivity index is 1.92. The molecular weight excluding hydrogens is 238 g/mol. The van der Waals surface area contributed by atoms with Crippen LogP contribution in [-0.2, 0) is 11.2 Å². The summed E-state index contributed by atoms with van der Waals surface area (Å²) >= 11 is 0. The van der Waals surface area contributed by atoms with E-state index in [-0.39, 0.29) is 12.0 Å². The number of carbonyl (C=O) groups is 1. The monoisotopic (exact) mass is 259 g/mol. The molecule has 1 aliphatic heterocycles. The Morgan fingerprint density at radius 3 is 2.53 bits per heavy atom. The number of nitrogens with zero attached hydrogens (tertiary/aromatic N) is 1. The zero-order chi connectivity index (χ0) is 13.7. The van der Waals surface area contributed by atoms with Crippen molar-refractivity contribution in [2.75, 3.05) is 13.1 Å². The van der Waals surface area contributed by atoms with Crippen molar-refractivity contribution in [3.63, 3.8) is 0 Å². The molecule has 1 amide bonds. The van der Waals surface area contributed by atoms with Gasteiger partial charge in [0.2, 0.25) is 5.91 Å². The first-order valence-corrected chi connectivity index (χ1v) is 6.93. The minimum Gasteiger partial charge on any atom is -0.393 e. The van der Waals surface area contributed by atoms with Gasteiger partial charge in [-0.3, -0.25) is 4.79 Å². The van der Waals surface area contributed by atoms with Gasteiger partial charge in [-0.2, -0.15) is 0 Å². The van der Waals surface area contributed by atoms with Gasteiger partial charge in [-0.1, -0.05) is 31.2 Å². The van der Waals surface area contributed by atoms with Gasteiger partial charge in [-0.25, -0.2) is 0 Å². The van der Waals surface area contributed by atoms with Crippen molar-refractivity contribution in [2.45, 2.75) is 32.3 Å². The van der Waals surface area contributed by atoms with Gasteiger partial charge in [0, 0.05) is 19.2 Å². The number of carbonyl (C=O) groups excluding carboxylic acids is 1. The minimum atomic E-state index is -0.241. The van der Waals surface area contributed by atoms with Crippen LogP contribution in [0.25, 0.3) is 6.08 Å². The van der Waals surface area contributed by atoms with Crippen LogP contribution in [0.15, 0.2) is 30.3 Å². The van der Waals surface area contributed by atoms with Gasteiger partial charge in [0.15, 0.2) is 0 Å². The van der Waals surface area contributed by atoms with Crippen molar-refractivity contribution in [1.82, 2.24) is 4.90 Å². The number of amides is 1. The first-order valence-electron chi connectivity index (χ1n) is 6.93. The van der Waals surface area contributed by atoms with E-state index in [9.17, 15) is 9.90 Å². The predicted molar refractivity (Wildman–Crippen MR) is 76.7 cm³/mol. The van der Waals surface area contributed by atoms with Gasteiger partial charge >= 0.3 is 0 Å². The van der Waals surface area contributed by atoms with E-state index < -0.39 is 0 Å². The average molecular weight is 259 g/mol. The number of rotatable bonds is 3. The molecule has 0 aliphatic carbocycles. The second-order valence-electron chi connectivity index (χ2n) is 4.98. The highest BCUT2D eigenvalue weighted by Gasteiger charge is 2.19. The highest BCUT2D eigenvalue weighted by atomic mass is 16.3. The summed E-state index contributed by atoms with van der Waals surface area (Å²) in [4.78, 5) is 13.8. The molecule has 1 N–H and O–H groups in total. The highest BCUT2D eigenvalue weighted by Crippen LogP contribution is 2.11. The van der Waals surface area contributed by atoms with Crippen molar-refractivity contribution in [2.24, 2.45) is 0 Å². The topological polar surface area (TPSA) is 40.5 Å². The van der Waals surface area contributed by atoms with E-state index in [4.69, 9.17) is 0 Å². The van der Waals surface area contributed by atoms with E-state index >= 15 is 0 Å². The molecule has 102 valence electrons. The van der Waals surface area contributed by atoms with E-state index in [1.807, 2.05) is 18.2 Å². The lowest BCUT2D eigenvalue weighted by Gasteiger charge is -2.28. The highest BCUT2D eigenvalue weighted by molar-refractivity contribution is 5.91. The second-order valence-corrected chi connectivity index (χ2v) is 4.98. The zero-order valence-corrected chi connectivity index (χ0v) is 11.4. The fourth-order valence-electron chi connectivity index (χ4n) is 2.22. The second kappa shape index (κ2) is 6.53. The quantitative estimate of drug-likeness (QED) is 0.846. The number of hydrogen-bond donors (Lipinski definition) is 1. The van der Waals surface area contributed by atoms with Gasteiger partial charge in [0.25, 0.3) is 0 Å². The summed E-state index contributed by atoms with van der Waals surface area (Å²) < 4.78 is 0. The molecule has 0 atom stereocenters. The SMILES string of the molecule is CCc1ccc(/C=C/C(=O)N2CCC(O)CC2)cc1. The summed E-state index contributed by atoms with van der Waals surface area (Å²) in [6.45, 7) is 3.43. The number of benzene rings is 1. The number of aryl methyl sites for hydroxylation is 1. The zero-order valence-electron chi connectivity index (χ0n) is 11.4. The molecular formula is C16H21NO2. The molecule has 1 aromatic carbocycles. The average Bonchev–Trinajstić information content (AvgIpc) is 2.46. The molecule has 2 rings (SSSR count). The molecule has 3 heteroatoms.